The number of halogens is 3. The molecule has 0 saturated carbocycles. The molecule has 160 valence electrons. The van der Waals surface area contributed by atoms with Gasteiger partial charge in [-0.15, -0.1) is 0 Å². The van der Waals surface area contributed by atoms with E-state index in [0.717, 1.165) is 10.3 Å². The van der Waals surface area contributed by atoms with Crippen molar-refractivity contribution in [2.75, 3.05) is 30.1 Å². The van der Waals surface area contributed by atoms with Gasteiger partial charge in [0.25, 0.3) is 10.0 Å². The van der Waals surface area contributed by atoms with Gasteiger partial charge in [-0.2, -0.15) is 27.3 Å². The van der Waals surface area contributed by atoms with E-state index in [9.17, 15) is 21.6 Å². The van der Waals surface area contributed by atoms with Crippen LogP contribution in [0.5, 0.6) is 0 Å². The van der Waals surface area contributed by atoms with Gasteiger partial charge in [-0.05, 0) is 18.6 Å². The third-order valence-corrected chi connectivity index (χ3v) is 5.43. The maximum atomic E-state index is 13.4. The van der Waals surface area contributed by atoms with Crippen molar-refractivity contribution in [2.24, 2.45) is 0 Å². The Kier molecular flexibility index (Phi) is 5.02. The lowest BCUT2D eigenvalue weighted by Gasteiger charge is -2.17. The van der Waals surface area contributed by atoms with Gasteiger partial charge in [0.2, 0.25) is 5.95 Å². The quantitative estimate of drug-likeness (QED) is 0.620. The number of benzene rings is 1. The number of nitrogens with one attached hydrogen (secondary N) is 2. The van der Waals surface area contributed by atoms with Crippen LogP contribution in [0.3, 0.4) is 0 Å². The van der Waals surface area contributed by atoms with Crippen molar-refractivity contribution in [1.29, 1.82) is 0 Å². The molecule has 9 nitrogen and oxygen atoms in total. The number of hydrogen-bond donors (Lipinski definition) is 2. The first-order valence-corrected chi connectivity index (χ1v) is 10.7. The fourth-order valence-corrected chi connectivity index (χ4v) is 3.86. The number of alkyl halides is 3. The van der Waals surface area contributed by atoms with Gasteiger partial charge in [0, 0.05) is 18.2 Å². The van der Waals surface area contributed by atoms with Crippen LogP contribution in [0.2, 0.25) is 0 Å². The van der Waals surface area contributed by atoms with Crippen molar-refractivity contribution < 1.29 is 26.3 Å². The zero-order chi connectivity index (χ0) is 21.5. The molecule has 1 aliphatic rings. The van der Waals surface area contributed by atoms with E-state index >= 15 is 0 Å². The van der Waals surface area contributed by atoms with Crippen molar-refractivity contribution in [3.8, 4) is 0 Å². The molecular formula is C17H17F3N6O3S. The molecule has 4 rings (SSSR count). The zero-order valence-corrected chi connectivity index (χ0v) is 16.5. The minimum atomic E-state index is -4.63. The average molecular weight is 442 g/mol. The lowest BCUT2D eigenvalue weighted by atomic mass is 10.2. The van der Waals surface area contributed by atoms with E-state index in [1.807, 2.05) is 0 Å². The summed E-state index contributed by atoms with van der Waals surface area (Å²) in [6.07, 6.45) is -1.00. The second-order valence-electron chi connectivity index (χ2n) is 6.77. The topological polar surface area (TPSA) is 111 Å². The Bertz CT molecular complexity index is 1190. The van der Waals surface area contributed by atoms with Crippen molar-refractivity contribution >= 4 is 38.4 Å². The van der Waals surface area contributed by atoms with E-state index in [1.165, 1.54) is 6.20 Å². The maximum Gasteiger partial charge on any atom is 0.421 e. The molecule has 0 bridgehead atoms. The molecule has 0 unspecified atom stereocenters. The van der Waals surface area contributed by atoms with Crippen molar-refractivity contribution in [3.05, 3.63) is 36.2 Å². The van der Waals surface area contributed by atoms with Crippen LogP contribution < -0.4 is 10.6 Å². The molecule has 1 saturated heterocycles. The minimum Gasteiger partial charge on any atom is -0.379 e. The number of fused-ring (bicyclic) bond motifs is 1. The molecule has 0 radical (unpaired) electrons. The SMILES string of the molecule is CS(=O)(=O)n1ncc2c(Nc3ncc(C(F)(F)F)c(N[C@@H]4CCOC4)n3)cccc21. The molecule has 0 amide bonds. The van der Waals surface area contributed by atoms with Crippen LogP contribution in [0.15, 0.2) is 30.6 Å². The fourth-order valence-electron chi connectivity index (χ4n) is 3.12. The van der Waals surface area contributed by atoms with Gasteiger partial charge in [0.1, 0.15) is 11.4 Å². The van der Waals surface area contributed by atoms with Gasteiger partial charge >= 0.3 is 6.18 Å². The lowest BCUT2D eigenvalue weighted by molar-refractivity contribution is -0.137. The standard InChI is InChI=1S/C17H17F3N6O3S/c1-30(27,28)26-14-4-2-3-13(11(14)7-22-26)24-16-21-8-12(17(18,19)20)15(25-16)23-10-5-6-29-9-10/h2-4,7-8,10H,5-6,9H2,1H3,(H2,21,23,24,25)/t10-/m1/s1. The number of aromatic nitrogens is 4. The first-order chi connectivity index (χ1) is 14.1. The third kappa shape index (κ3) is 4.03. The highest BCUT2D eigenvalue weighted by Crippen LogP contribution is 2.35. The number of anilines is 3. The summed E-state index contributed by atoms with van der Waals surface area (Å²) in [7, 11) is -3.62. The largest absolute Gasteiger partial charge is 0.421 e. The van der Waals surface area contributed by atoms with E-state index in [0.29, 0.717) is 35.8 Å². The van der Waals surface area contributed by atoms with Crippen LogP contribution in [0.25, 0.3) is 10.9 Å². The molecule has 13 heteroatoms. The first-order valence-electron chi connectivity index (χ1n) is 8.86. The summed E-state index contributed by atoms with van der Waals surface area (Å²) in [5.74, 6) is -0.432. The number of nitrogens with zero attached hydrogens (tertiary/aromatic N) is 4. The summed E-state index contributed by atoms with van der Waals surface area (Å²) >= 11 is 0. The van der Waals surface area contributed by atoms with Crippen LogP contribution >= 0.6 is 0 Å². The van der Waals surface area contributed by atoms with Gasteiger partial charge in [-0.3, -0.25) is 0 Å². The van der Waals surface area contributed by atoms with Crippen LogP contribution in [-0.2, 0) is 20.9 Å². The van der Waals surface area contributed by atoms with E-state index in [4.69, 9.17) is 4.74 Å². The molecule has 1 atom stereocenters. The molecule has 2 aromatic heterocycles. The first kappa shape index (κ1) is 20.3. The average Bonchev–Trinajstić information content (AvgIpc) is 3.30. The normalized spacial score (nSPS) is 17.4. The maximum absolute atomic E-state index is 13.4. The van der Waals surface area contributed by atoms with Gasteiger partial charge in [0.15, 0.2) is 0 Å². The Morgan fingerprint density at radius 1 is 1.27 bits per heavy atom. The number of ether oxygens (including phenoxy) is 1. The smallest absolute Gasteiger partial charge is 0.379 e. The minimum absolute atomic E-state index is 0.0796. The number of hydrogen-bond acceptors (Lipinski definition) is 8. The van der Waals surface area contributed by atoms with Crippen LogP contribution in [0.1, 0.15) is 12.0 Å². The summed E-state index contributed by atoms with van der Waals surface area (Å²) in [6.45, 7) is 0.746. The van der Waals surface area contributed by atoms with Crippen molar-refractivity contribution in [3.63, 3.8) is 0 Å². The molecule has 30 heavy (non-hydrogen) atoms. The van der Waals surface area contributed by atoms with E-state index in [1.54, 1.807) is 18.2 Å². The highest BCUT2D eigenvalue weighted by Gasteiger charge is 2.36. The Morgan fingerprint density at radius 3 is 2.73 bits per heavy atom. The molecule has 1 aromatic carbocycles. The molecule has 1 fully saturated rings. The summed E-state index contributed by atoms with van der Waals surface area (Å²) in [6, 6.07) is 4.49. The van der Waals surface area contributed by atoms with E-state index in [2.05, 4.69) is 25.7 Å². The molecule has 0 aliphatic carbocycles. The summed E-state index contributed by atoms with van der Waals surface area (Å²) in [4.78, 5) is 7.79. The highest BCUT2D eigenvalue weighted by molar-refractivity contribution is 7.89. The second-order valence-corrected chi connectivity index (χ2v) is 8.58. The van der Waals surface area contributed by atoms with Gasteiger partial charge < -0.3 is 15.4 Å². The van der Waals surface area contributed by atoms with Crippen LogP contribution in [-0.4, -0.2) is 53.1 Å². The molecular weight excluding hydrogens is 425 g/mol. The second kappa shape index (κ2) is 7.40. The van der Waals surface area contributed by atoms with Gasteiger partial charge in [-0.25, -0.2) is 13.4 Å². The molecule has 3 aromatic rings. The molecule has 2 N–H and O–H groups in total. The Labute approximate surface area is 169 Å². The summed E-state index contributed by atoms with van der Waals surface area (Å²) < 4.78 is 69.9. The zero-order valence-electron chi connectivity index (χ0n) is 15.6. The molecule has 1 aliphatic heterocycles. The third-order valence-electron chi connectivity index (χ3n) is 4.51. The van der Waals surface area contributed by atoms with E-state index < -0.39 is 21.8 Å². The highest BCUT2D eigenvalue weighted by atomic mass is 32.2. The molecule has 0 spiro atoms. The number of rotatable bonds is 5. The summed E-state index contributed by atoms with van der Waals surface area (Å²) in [5.41, 5.74) is -0.267. The predicted molar refractivity (Wildman–Crippen MR) is 103 cm³/mol. The van der Waals surface area contributed by atoms with Crippen LogP contribution in [0, 0.1) is 0 Å². The Balaban J connectivity index is 1.70. The lowest BCUT2D eigenvalue weighted by Crippen LogP contribution is -2.23. The predicted octanol–water partition coefficient (Wildman–Crippen LogP) is 2.60. The summed E-state index contributed by atoms with van der Waals surface area (Å²) in [5, 5.41) is 9.94. The van der Waals surface area contributed by atoms with E-state index in [-0.39, 0.29) is 24.4 Å². The van der Waals surface area contributed by atoms with Gasteiger partial charge in [0.05, 0.1) is 36.3 Å². The Hall–Kier alpha value is -2.93. The Morgan fingerprint density at radius 2 is 2.07 bits per heavy atom. The fraction of sp³-hybridized carbons (Fsp3) is 0.353. The molecule has 3 heterocycles. The monoisotopic (exact) mass is 442 g/mol. The van der Waals surface area contributed by atoms with Crippen molar-refractivity contribution in [2.45, 2.75) is 18.6 Å². The van der Waals surface area contributed by atoms with Gasteiger partial charge in [-0.1, -0.05) is 6.07 Å². The van der Waals surface area contributed by atoms with Crippen LogP contribution in [0.4, 0.5) is 30.6 Å². The van der Waals surface area contributed by atoms with Crippen molar-refractivity contribution in [1.82, 2.24) is 19.2 Å².